The molecule has 3 aromatic rings. The maximum absolute atomic E-state index is 12.6. The highest BCUT2D eigenvalue weighted by Gasteiger charge is 2.17. The molecule has 28 heavy (non-hydrogen) atoms. The van der Waals surface area contributed by atoms with Gasteiger partial charge in [-0.15, -0.1) is 5.10 Å². The molecule has 0 fully saturated rings. The minimum absolute atomic E-state index is 0.237. The summed E-state index contributed by atoms with van der Waals surface area (Å²) >= 11 is 0. The molecular weight excluding hydrogens is 356 g/mol. The van der Waals surface area contributed by atoms with E-state index >= 15 is 0 Å². The lowest BCUT2D eigenvalue weighted by Crippen LogP contribution is -2.27. The van der Waals surface area contributed by atoms with Gasteiger partial charge in [0, 0.05) is 0 Å². The maximum Gasteiger partial charge on any atom is 0.273 e. The first-order chi connectivity index (χ1) is 13.4. The summed E-state index contributed by atoms with van der Waals surface area (Å²) in [5.41, 5.74) is 4.27. The van der Waals surface area contributed by atoms with Crippen molar-refractivity contribution in [3.8, 4) is 17.2 Å². The molecule has 1 amide bonds. The number of carbonyl (C=O) groups is 1. The second-order valence-corrected chi connectivity index (χ2v) is 6.70. The number of carbonyl (C=O) groups excluding carboxylic acids is 1. The Bertz CT molecular complexity index is 977. The minimum Gasteiger partial charge on any atom is -0.493 e. The van der Waals surface area contributed by atoms with Crippen LogP contribution in [0, 0.1) is 13.8 Å². The third-order valence-corrected chi connectivity index (χ3v) is 4.45. The summed E-state index contributed by atoms with van der Waals surface area (Å²) in [6, 6.07) is 11.4. The number of nitrogens with zero attached hydrogens (tertiary/aromatic N) is 3. The highest BCUT2D eigenvalue weighted by atomic mass is 16.5. The van der Waals surface area contributed by atoms with Gasteiger partial charge in [-0.3, -0.25) is 4.79 Å². The first-order valence-electron chi connectivity index (χ1n) is 8.95. The number of aryl methyl sites for hydroxylation is 2. The second kappa shape index (κ2) is 8.12. The lowest BCUT2D eigenvalue weighted by atomic mass is 10.1. The van der Waals surface area contributed by atoms with Gasteiger partial charge in [0.25, 0.3) is 5.91 Å². The summed E-state index contributed by atoms with van der Waals surface area (Å²) in [6.07, 6.45) is 1.63. The van der Waals surface area contributed by atoms with Crippen molar-refractivity contribution in [2.24, 2.45) is 0 Å². The first kappa shape index (κ1) is 19.4. The van der Waals surface area contributed by atoms with Gasteiger partial charge in [0.1, 0.15) is 0 Å². The van der Waals surface area contributed by atoms with E-state index in [4.69, 9.17) is 9.47 Å². The average molecular weight is 380 g/mol. The summed E-state index contributed by atoms with van der Waals surface area (Å²) < 4.78 is 12.2. The van der Waals surface area contributed by atoms with Crippen LogP contribution >= 0.6 is 0 Å². The molecule has 1 heterocycles. The Kier molecular flexibility index (Phi) is 5.63. The standard InChI is InChI=1S/C21H24N4O3/c1-13-8-14(2)10-17(9-13)25-12-18(23-24-25)21(26)22-15(3)16-6-7-19(27-4)20(11-16)28-5/h6-12,15H,1-5H3,(H,22,26). The van der Waals surface area contributed by atoms with E-state index in [-0.39, 0.29) is 17.6 Å². The van der Waals surface area contributed by atoms with Gasteiger partial charge in [-0.2, -0.15) is 0 Å². The summed E-state index contributed by atoms with van der Waals surface area (Å²) in [4.78, 5) is 12.6. The molecule has 1 atom stereocenters. The number of benzene rings is 2. The van der Waals surface area contributed by atoms with Gasteiger partial charge >= 0.3 is 0 Å². The SMILES string of the molecule is COc1ccc(C(C)NC(=O)c2cn(-c3cc(C)cc(C)c3)nn2)cc1OC. The zero-order chi connectivity index (χ0) is 20.3. The Balaban J connectivity index is 1.75. The number of rotatable bonds is 6. The quantitative estimate of drug-likeness (QED) is 0.709. The van der Waals surface area contributed by atoms with E-state index in [0.717, 1.165) is 22.4 Å². The van der Waals surface area contributed by atoms with Crippen LogP contribution in [-0.2, 0) is 0 Å². The third-order valence-electron chi connectivity index (χ3n) is 4.45. The van der Waals surface area contributed by atoms with Crippen molar-refractivity contribution < 1.29 is 14.3 Å². The van der Waals surface area contributed by atoms with E-state index in [2.05, 4.69) is 21.7 Å². The molecule has 0 aliphatic rings. The van der Waals surface area contributed by atoms with Crippen LogP contribution in [0.1, 0.15) is 40.1 Å². The normalized spacial score (nSPS) is 11.8. The maximum atomic E-state index is 12.6. The summed E-state index contributed by atoms with van der Waals surface area (Å²) in [7, 11) is 3.16. The van der Waals surface area contributed by atoms with Crippen LogP contribution < -0.4 is 14.8 Å². The van der Waals surface area contributed by atoms with Gasteiger partial charge < -0.3 is 14.8 Å². The van der Waals surface area contributed by atoms with Crippen molar-refractivity contribution in [3.05, 3.63) is 65.0 Å². The molecule has 2 aromatic carbocycles. The first-order valence-corrected chi connectivity index (χ1v) is 8.95. The average Bonchev–Trinajstić information content (AvgIpc) is 3.17. The Morgan fingerprint density at radius 3 is 2.36 bits per heavy atom. The monoisotopic (exact) mass is 380 g/mol. The molecule has 0 saturated carbocycles. The van der Waals surface area contributed by atoms with Crippen LogP contribution in [-0.4, -0.2) is 35.1 Å². The van der Waals surface area contributed by atoms with Crippen LogP contribution in [0.4, 0.5) is 0 Å². The van der Waals surface area contributed by atoms with E-state index in [1.807, 2.05) is 51.1 Å². The van der Waals surface area contributed by atoms with Gasteiger partial charge in [0.05, 0.1) is 32.1 Å². The topological polar surface area (TPSA) is 78.3 Å². The molecule has 0 radical (unpaired) electrons. The van der Waals surface area contributed by atoms with Crippen molar-refractivity contribution in [1.82, 2.24) is 20.3 Å². The Labute approximate surface area is 164 Å². The van der Waals surface area contributed by atoms with Crippen molar-refractivity contribution in [3.63, 3.8) is 0 Å². The van der Waals surface area contributed by atoms with E-state index in [1.165, 1.54) is 0 Å². The number of nitrogens with one attached hydrogen (secondary N) is 1. The Morgan fingerprint density at radius 1 is 1.04 bits per heavy atom. The van der Waals surface area contributed by atoms with Crippen molar-refractivity contribution >= 4 is 5.91 Å². The molecule has 1 aromatic heterocycles. The fraction of sp³-hybridized carbons (Fsp3) is 0.286. The lowest BCUT2D eigenvalue weighted by Gasteiger charge is -2.15. The molecule has 3 rings (SSSR count). The summed E-state index contributed by atoms with van der Waals surface area (Å²) in [6.45, 7) is 5.94. The fourth-order valence-electron chi connectivity index (χ4n) is 3.05. The zero-order valence-corrected chi connectivity index (χ0v) is 16.7. The van der Waals surface area contributed by atoms with Gasteiger partial charge in [-0.1, -0.05) is 17.3 Å². The third kappa shape index (κ3) is 4.14. The Morgan fingerprint density at radius 2 is 1.71 bits per heavy atom. The van der Waals surface area contributed by atoms with Gasteiger partial charge in [-0.05, 0) is 61.7 Å². The molecule has 7 heteroatoms. The predicted octanol–water partition coefficient (Wildman–Crippen LogP) is 3.39. The molecule has 0 aliphatic heterocycles. The van der Waals surface area contributed by atoms with Crippen LogP contribution in [0.5, 0.6) is 11.5 Å². The highest BCUT2D eigenvalue weighted by Crippen LogP contribution is 2.29. The van der Waals surface area contributed by atoms with Gasteiger partial charge in [0.15, 0.2) is 17.2 Å². The van der Waals surface area contributed by atoms with E-state index in [1.54, 1.807) is 25.1 Å². The smallest absolute Gasteiger partial charge is 0.273 e. The fourth-order valence-corrected chi connectivity index (χ4v) is 3.05. The largest absolute Gasteiger partial charge is 0.493 e. The number of aromatic nitrogens is 3. The molecular formula is C21H24N4O3. The molecule has 1 unspecified atom stereocenters. The molecule has 0 saturated heterocycles. The van der Waals surface area contributed by atoms with Crippen molar-refractivity contribution in [1.29, 1.82) is 0 Å². The second-order valence-electron chi connectivity index (χ2n) is 6.70. The predicted molar refractivity (Wildman–Crippen MR) is 106 cm³/mol. The molecule has 0 aliphatic carbocycles. The lowest BCUT2D eigenvalue weighted by molar-refractivity contribution is 0.0934. The van der Waals surface area contributed by atoms with Crippen molar-refractivity contribution in [2.75, 3.05) is 14.2 Å². The minimum atomic E-state index is -0.294. The van der Waals surface area contributed by atoms with Crippen molar-refractivity contribution in [2.45, 2.75) is 26.8 Å². The summed E-state index contributed by atoms with van der Waals surface area (Å²) in [5, 5.41) is 11.0. The number of methoxy groups -OCH3 is 2. The highest BCUT2D eigenvalue weighted by molar-refractivity contribution is 5.92. The summed E-state index contributed by atoms with van der Waals surface area (Å²) in [5.74, 6) is 0.959. The molecule has 0 bridgehead atoms. The Hall–Kier alpha value is -3.35. The number of ether oxygens (including phenoxy) is 2. The van der Waals surface area contributed by atoms with E-state index in [0.29, 0.717) is 11.5 Å². The molecule has 1 N–H and O–H groups in total. The number of amides is 1. The van der Waals surface area contributed by atoms with Crippen LogP contribution in [0.2, 0.25) is 0 Å². The van der Waals surface area contributed by atoms with Crippen LogP contribution in [0.25, 0.3) is 5.69 Å². The molecule has 0 spiro atoms. The van der Waals surface area contributed by atoms with Crippen LogP contribution in [0.3, 0.4) is 0 Å². The number of hydrogen-bond donors (Lipinski definition) is 1. The number of hydrogen-bond acceptors (Lipinski definition) is 5. The molecule has 146 valence electrons. The van der Waals surface area contributed by atoms with Gasteiger partial charge in [-0.25, -0.2) is 4.68 Å². The van der Waals surface area contributed by atoms with Crippen LogP contribution in [0.15, 0.2) is 42.6 Å². The van der Waals surface area contributed by atoms with E-state index in [9.17, 15) is 4.79 Å². The van der Waals surface area contributed by atoms with E-state index < -0.39 is 0 Å². The zero-order valence-electron chi connectivity index (χ0n) is 16.7. The van der Waals surface area contributed by atoms with Gasteiger partial charge in [0.2, 0.25) is 0 Å². The molecule has 7 nitrogen and oxygen atoms in total.